The molecule has 1 aliphatic rings. The summed E-state index contributed by atoms with van der Waals surface area (Å²) in [5.41, 5.74) is 1.22. The van der Waals surface area contributed by atoms with Gasteiger partial charge in [-0.25, -0.2) is 13.8 Å². The molecule has 1 saturated heterocycles. The molecule has 7 heteroatoms. The van der Waals surface area contributed by atoms with Crippen molar-refractivity contribution in [3.05, 3.63) is 77.1 Å². The molecule has 0 radical (unpaired) electrons. The average Bonchev–Trinajstić information content (AvgIpc) is 3.43. The smallest absolute Gasteiger partial charge is 0.263 e. The first-order valence-corrected chi connectivity index (χ1v) is 10.7. The second-order valence-corrected chi connectivity index (χ2v) is 8.61. The fourth-order valence-corrected chi connectivity index (χ4v) is 4.98. The molecule has 152 valence electrons. The number of hydrogen-bond acceptors (Lipinski definition) is 3. The zero-order chi connectivity index (χ0) is 20.7. The van der Waals surface area contributed by atoms with E-state index in [-0.39, 0.29) is 11.8 Å². The maximum atomic E-state index is 13.5. The second kappa shape index (κ2) is 7.65. The van der Waals surface area contributed by atoms with E-state index in [2.05, 4.69) is 9.97 Å². The molecule has 1 aliphatic heterocycles. The number of aromatic amines is 1. The van der Waals surface area contributed by atoms with Crippen LogP contribution in [0.3, 0.4) is 0 Å². The Bertz CT molecular complexity index is 1190. The lowest BCUT2D eigenvalue weighted by Gasteiger charge is -2.30. The van der Waals surface area contributed by atoms with Crippen LogP contribution in [0.25, 0.3) is 21.3 Å². The fraction of sp³-hybridized carbons (Fsp3) is 0.217. The van der Waals surface area contributed by atoms with Crippen molar-refractivity contribution in [3.63, 3.8) is 0 Å². The number of carbonyl (C=O) groups is 1. The first kappa shape index (κ1) is 18.9. The third kappa shape index (κ3) is 3.50. The van der Waals surface area contributed by atoms with Crippen LogP contribution in [-0.2, 0) is 0 Å². The maximum Gasteiger partial charge on any atom is 0.263 e. The zero-order valence-electron chi connectivity index (χ0n) is 16.1. The highest BCUT2D eigenvalue weighted by molar-refractivity contribution is 7.20. The first-order valence-electron chi connectivity index (χ1n) is 9.86. The third-order valence-electron chi connectivity index (χ3n) is 5.63. The number of likely N-dealkylation sites (tertiary alicyclic amines) is 1. The normalized spacial score (nSPS) is 15.1. The molecule has 1 N–H and O–H groups in total. The number of halogens is 2. The number of carbonyl (C=O) groups excluding carboxylic acids is 1. The molecule has 4 nitrogen and oxygen atoms in total. The third-order valence-corrected chi connectivity index (χ3v) is 6.74. The number of fused-ring (bicyclic) bond motifs is 1. The van der Waals surface area contributed by atoms with E-state index in [1.807, 2.05) is 35.2 Å². The minimum Gasteiger partial charge on any atom is -0.342 e. The van der Waals surface area contributed by atoms with Gasteiger partial charge in [0, 0.05) is 29.3 Å². The summed E-state index contributed by atoms with van der Waals surface area (Å²) in [6, 6.07) is 13.8. The van der Waals surface area contributed by atoms with Gasteiger partial charge in [-0.2, -0.15) is 0 Å². The number of piperidine rings is 1. The fourth-order valence-electron chi connectivity index (χ4n) is 3.95. The molecule has 0 atom stereocenters. The van der Waals surface area contributed by atoms with E-state index in [9.17, 15) is 13.6 Å². The van der Waals surface area contributed by atoms with Crippen molar-refractivity contribution in [1.82, 2.24) is 14.9 Å². The van der Waals surface area contributed by atoms with Gasteiger partial charge in [-0.15, -0.1) is 11.3 Å². The lowest BCUT2D eigenvalue weighted by molar-refractivity contribution is 0.0716. The summed E-state index contributed by atoms with van der Waals surface area (Å²) in [5.74, 6) is -0.637. The predicted molar refractivity (Wildman–Crippen MR) is 114 cm³/mol. The van der Waals surface area contributed by atoms with Gasteiger partial charge in [0.15, 0.2) is 11.6 Å². The largest absolute Gasteiger partial charge is 0.342 e. The average molecular weight is 423 g/mol. The zero-order valence-corrected chi connectivity index (χ0v) is 16.9. The van der Waals surface area contributed by atoms with Crippen molar-refractivity contribution in [2.45, 2.75) is 18.8 Å². The number of nitrogens with zero attached hydrogens (tertiary/aromatic N) is 2. The van der Waals surface area contributed by atoms with E-state index < -0.39 is 11.6 Å². The van der Waals surface area contributed by atoms with Crippen LogP contribution in [0.1, 0.15) is 34.3 Å². The molecule has 0 bridgehead atoms. The highest BCUT2D eigenvalue weighted by Gasteiger charge is 2.27. The van der Waals surface area contributed by atoms with Gasteiger partial charge in [0.05, 0.1) is 16.8 Å². The van der Waals surface area contributed by atoms with Gasteiger partial charge in [-0.05, 0) is 48.6 Å². The monoisotopic (exact) mass is 423 g/mol. The molecular weight excluding hydrogens is 404 g/mol. The quantitative estimate of drug-likeness (QED) is 0.467. The topological polar surface area (TPSA) is 49.0 Å². The van der Waals surface area contributed by atoms with Gasteiger partial charge in [-0.3, -0.25) is 4.79 Å². The van der Waals surface area contributed by atoms with Crippen LogP contribution in [0.2, 0.25) is 0 Å². The number of H-pyrrole nitrogens is 1. The number of aromatic nitrogens is 2. The van der Waals surface area contributed by atoms with Crippen molar-refractivity contribution >= 4 is 27.3 Å². The van der Waals surface area contributed by atoms with Gasteiger partial charge >= 0.3 is 0 Å². The van der Waals surface area contributed by atoms with Crippen LogP contribution in [0.4, 0.5) is 8.78 Å². The molecule has 4 aromatic rings. The van der Waals surface area contributed by atoms with Crippen LogP contribution >= 0.6 is 11.3 Å². The molecule has 5 rings (SSSR count). The molecule has 0 unspecified atom stereocenters. The van der Waals surface area contributed by atoms with E-state index in [0.29, 0.717) is 24.3 Å². The molecule has 2 aromatic heterocycles. The highest BCUT2D eigenvalue weighted by Crippen LogP contribution is 2.31. The summed E-state index contributed by atoms with van der Waals surface area (Å²) < 4.78 is 27.8. The summed E-state index contributed by atoms with van der Waals surface area (Å²) in [4.78, 5) is 23.3. The molecule has 0 aliphatic carbocycles. The van der Waals surface area contributed by atoms with Crippen molar-refractivity contribution < 1.29 is 13.6 Å². The van der Waals surface area contributed by atoms with E-state index in [0.717, 1.165) is 39.7 Å². The van der Waals surface area contributed by atoms with Crippen molar-refractivity contribution in [1.29, 1.82) is 0 Å². The molecule has 1 amide bonds. The van der Waals surface area contributed by atoms with Gasteiger partial charge < -0.3 is 9.88 Å². The van der Waals surface area contributed by atoms with Crippen LogP contribution in [-0.4, -0.2) is 33.9 Å². The Morgan fingerprint density at radius 1 is 1.07 bits per heavy atom. The van der Waals surface area contributed by atoms with E-state index in [1.54, 1.807) is 6.20 Å². The number of thiophene rings is 1. The number of nitrogens with one attached hydrogen (secondary N) is 1. The Morgan fingerprint density at radius 3 is 2.63 bits per heavy atom. The Morgan fingerprint density at radius 2 is 1.87 bits per heavy atom. The number of benzene rings is 2. The van der Waals surface area contributed by atoms with Crippen LogP contribution in [0.15, 0.2) is 54.7 Å². The molecule has 30 heavy (non-hydrogen) atoms. The number of amides is 1. The van der Waals surface area contributed by atoms with Gasteiger partial charge in [-0.1, -0.05) is 18.2 Å². The Labute approximate surface area is 176 Å². The van der Waals surface area contributed by atoms with Crippen molar-refractivity contribution in [2.75, 3.05) is 13.1 Å². The summed E-state index contributed by atoms with van der Waals surface area (Å²) in [7, 11) is 0. The summed E-state index contributed by atoms with van der Waals surface area (Å²) in [6.45, 7) is 1.33. The van der Waals surface area contributed by atoms with Crippen molar-refractivity contribution in [3.8, 4) is 11.3 Å². The maximum absolute atomic E-state index is 13.5. The van der Waals surface area contributed by atoms with E-state index >= 15 is 0 Å². The Balaban J connectivity index is 1.26. The van der Waals surface area contributed by atoms with Crippen LogP contribution < -0.4 is 0 Å². The summed E-state index contributed by atoms with van der Waals surface area (Å²) >= 11 is 1.53. The minimum absolute atomic E-state index is 0.0802. The van der Waals surface area contributed by atoms with E-state index in [4.69, 9.17) is 0 Å². The molecule has 0 spiro atoms. The first-order chi connectivity index (χ1) is 14.6. The number of imidazole rings is 1. The van der Waals surface area contributed by atoms with Gasteiger partial charge in [0.1, 0.15) is 5.82 Å². The summed E-state index contributed by atoms with van der Waals surface area (Å²) in [5, 5.41) is 1.10. The van der Waals surface area contributed by atoms with Gasteiger partial charge in [0.2, 0.25) is 0 Å². The Hall–Kier alpha value is -3.06. The standard InChI is InChI=1S/C23H19F2N3OS/c24-17-6-5-15(11-18(17)25)19-13-26-22(27-19)14-7-9-28(10-8-14)23(29)21-12-16-3-1-2-4-20(16)30-21/h1-6,11-14H,7-10H2,(H,26,27). The predicted octanol–water partition coefficient (Wildman–Crippen LogP) is 5.59. The van der Waals surface area contributed by atoms with Crippen molar-refractivity contribution in [2.24, 2.45) is 0 Å². The second-order valence-electron chi connectivity index (χ2n) is 7.53. The molecular formula is C23H19F2N3OS. The minimum atomic E-state index is -0.878. The molecule has 3 heterocycles. The number of hydrogen-bond donors (Lipinski definition) is 1. The molecule has 1 fully saturated rings. The number of rotatable bonds is 3. The molecule has 2 aromatic carbocycles. The summed E-state index contributed by atoms with van der Waals surface area (Å²) in [6.07, 6.45) is 3.26. The van der Waals surface area contributed by atoms with Crippen LogP contribution in [0, 0.1) is 11.6 Å². The lowest BCUT2D eigenvalue weighted by Crippen LogP contribution is -2.37. The van der Waals surface area contributed by atoms with E-state index in [1.165, 1.54) is 23.5 Å². The highest BCUT2D eigenvalue weighted by atomic mass is 32.1. The molecule has 0 saturated carbocycles. The Kier molecular flexibility index (Phi) is 4.83. The lowest BCUT2D eigenvalue weighted by atomic mass is 9.96. The SMILES string of the molecule is O=C(c1cc2ccccc2s1)N1CCC(c2ncc(-c3ccc(F)c(F)c3)[nH]2)CC1. The van der Waals surface area contributed by atoms with Crippen LogP contribution in [0.5, 0.6) is 0 Å². The van der Waals surface area contributed by atoms with Gasteiger partial charge in [0.25, 0.3) is 5.91 Å².